The summed E-state index contributed by atoms with van der Waals surface area (Å²) in [5, 5.41) is 7.41. The van der Waals surface area contributed by atoms with Gasteiger partial charge in [-0.05, 0) is 24.6 Å². The molecular formula is C16H26N2O2. The average Bonchev–Trinajstić information content (AvgIpc) is 2.46. The van der Waals surface area contributed by atoms with Crippen LogP contribution in [0.5, 0.6) is 11.5 Å². The maximum Gasteiger partial charge on any atom is 0.161 e. The Morgan fingerprint density at radius 2 is 1.80 bits per heavy atom. The standard InChI is InChI=1S/C16H26N2O2/c1-3-4-5-6-7-8-11-20-14-10-9-13(16(17)18)12-15(14)19-2/h9-10,12H,3-8,11H2,1-2H3,(H3,17,18). The molecule has 0 saturated heterocycles. The Kier molecular flexibility index (Phi) is 7.55. The van der Waals surface area contributed by atoms with Gasteiger partial charge in [0.1, 0.15) is 5.84 Å². The van der Waals surface area contributed by atoms with Gasteiger partial charge in [0.15, 0.2) is 11.5 Å². The molecule has 0 spiro atoms. The number of nitrogens with two attached hydrogens (primary N) is 1. The molecule has 112 valence electrons. The second-order valence-electron chi connectivity index (χ2n) is 4.90. The predicted octanol–water partition coefficient (Wildman–Crippen LogP) is 3.72. The highest BCUT2D eigenvalue weighted by molar-refractivity contribution is 5.95. The van der Waals surface area contributed by atoms with E-state index >= 15 is 0 Å². The number of hydrogen-bond acceptors (Lipinski definition) is 3. The molecule has 20 heavy (non-hydrogen) atoms. The van der Waals surface area contributed by atoms with E-state index in [-0.39, 0.29) is 5.84 Å². The molecule has 0 saturated carbocycles. The molecule has 0 bridgehead atoms. The van der Waals surface area contributed by atoms with Gasteiger partial charge in [-0.2, -0.15) is 0 Å². The van der Waals surface area contributed by atoms with Crippen LogP contribution in [0.2, 0.25) is 0 Å². The Labute approximate surface area is 121 Å². The molecule has 0 aliphatic heterocycles. The maximum atomic E-state index is 7.41. The highest BCUT2D eigenvalue weighted by Crippen LogP contribution is 2.28. The first-order valence-corrected chi connectivity index (χ1v) is 7.34. The lowest BCUT2D eigenvalue weighted by Crippen LogP contribution is -2.11. The summed E-state index contributed by atoms with van der Waals surface area (Å²) in [7, 11) is 1.59. The normalized spacial score (nSPS) is 10.3. The largest absolute Gasteiger partial charge is 0.493 e. The summed E-state index contributed by atoms with van der Waals surface area (Å²) in [6.45, 7) is 2.92. The van der Waals surface area contributed by atoms with Crippen molar-refractivity contribution in [1.82, 2.24) is 0 Å². The third kappa shape index (κ3) is 5.51. The van der Waals surface area contributed by atoms with Crippen LogP contribution in [0.15, 0.2) is 18.2 Å². The molecule has 1 rings (SSSR count). The van der Waals surface area contributed by atoms with Crippen molar-refractivity contribution in [3.05, 3.63) is 23.8 Å². The molecule has 0 amide bonds. The van der Waals surface area contributed by atoms with Gasteiger partial charge in [0, 0.05) is 5.56 Å². The first-order valence-electron chi connectivity index (χ1n) is 7.34. The minimum absolute atomic E-state index is 0.0331. The molecule has 0 aliphatic carbocycles. The number of benzene rings is 1. The van der Waals surface area contributed by atoms with Crippen LogP contribution in [0.1, 0.15) is 51.0 Å². The van der Waals surface area contributed by atoms with Crippen LogP contribution in [0.4, 0.5) is 0 Å². The van der Waals surface area contributed by atoms with Crippen molar-refractivity contribution in [1.29, 1.82) is 5.41 Å². The Hall–Kier alpha value is -1.71. The van der Waals surface area contributed by atoms with Gasteiger partial charge in [-0.25, -0.2) is 0 Å². The number of nitrogens with one attached hydrogen (secondary N) is 1. The van der Waals surface area contributed by atoms with Gasteiger partial charge in [-0.3, -0.25) is 5.41 Å². The topological polar surface area (TPSA) is 68.3 Å². The van der Waals surface area contributed by atoms with Crippen LogP contribution in [0.3, 0.4) is 0 Å². The fourth-order valence-electron chi connectivity index (χ4n) is 2.02. The van der Waals surface area contributed by atoms with E-state index in [1.54, 1.807) is 19.2 Å². The molecule has 4 heteroatoms. The zero-order valence-electron chi connectivity index (χ0n) is 12.6. The van der Waals surface area contributed by atoms with E-state index < -0.39 is 0 Å². The number of methoxy groups -OCH3 is 1. The summed E-state index contributed by atoms with van der Waals surface area (Å²) in [5.74, 6) is 1.38. The van der Waals surface area contributed by atoms with Crippen molar-refractivity contribution >= 4 is 5.84 Å². The number of amidine groups is 1. The molecule has 0 atom stereocenters. The summed E-state index contributed by atoms with van der Waals surface area (Å²) >= 11 is 0. The summed E-state index contributed by atoms with van der Waals surface area (Å²) < 4.78 is 11.0. The molecule has 1 aromatic rings. The van der Waals surface area contributed by atoms with Crippen molar-refractivity contribution in [2.24, 2.45) is 5.73 Å². The van der Waals surface area contributed by atoms with Crippen LogP contribution < -0.4 is 15.2 Å². The number of ether oxygens (including phenoxy) is 2. The van der Waals surface area contributed by atoms with Gasteiger partial charge in [0.05, 0.1) is 13.7 Å². The monoisotopic (exact) mass is 278 g/mol. The first kappa shape index (κ1) is 16.3. The van der Waals surface area contributed by atoms with E-state index in [2.05, 4.69) is 6.92 Å². The summed E-state index contributed by atoms with van der Waals surface area (Å²) in [4.78, 5) is 0. The van der Waals surface area contributed by atoms with Crippen LogP contribution in [-0.4, -0.2) is 19.6 Å². The van der Waals surface area contributed by atoms with Crippen molar-refractivity contribution in [2.45, 2.75) is 45.4 Å². The molecule has 0 radical (unpaired) electrons. The number of rotatable bonds is 10. The molecular weight excluding hydrogens is 252 g/mol. The van der Waals surface area contributed by atoms with Gasteiger partial charge >= 0.3 is 0 Å². The zero-order chi connectivity index (χ0) is 14.8. The Morgan fingerprint density at radius 1 is 1.10 bits per heavy atom. The summed E-state index contributed by atoms with van der Waals surface area (Å²) in [6.07, 6.45) is 7.44. The Morgan fingerprint density at radius 3 is 2.45 bits per heavy atom. The SMILES string of the molecule is CCCCCCCCOc1ccc(C(=N)N)cc1OC. The number of nitrogen functional groups attached to an aromatic ring is 1. The molecule has 0 unspecified atom stereocenters. The van der Waals surface area contributed by atoms with E-state index in [0.717, 1.165) is 6.42 Å². The summed E-state index contributed by atoms with van der Waals surface area (Å²) in [5.41, 5.74) is 6.10. The number of unbranched alkanes of at least 4 members (excludes halogenated alkanes) is 5. The van der Waals surface area contributed by atoms with Crippen molar-refractivity contribution in [3.8, 4) is 11.5 Å². The molecule has 3 N–H and O–H groups in total. The van der Waals surface area contributed by atoms with Crippen LogP contribution >= 0.6 is 0 Å². The van der Waals surface area contributed by atoms with E-state index in [0.29, 0.717) is 23.7 Å². The second-order valence-corrected chi connectivity index (χ2v) is 4.90. The van der Waals surface area contributed by atoms with Crippen molar-refractivity contribution in [3.63, 3.8) is 0 Å². The van der Waals surface area contributed by atoms with Crippen molar-refractivity contribution < 1.29 is 9.47 Å². The smallest absolute Gasteiger partial charge is 0.161 e. The molecule has 0 aliphatic rings. The fraction of sp³-hybridized carbons (Fsp3) is 0.562. The summed E-state index contributed by atoms with van der Waals surface area (Å²) in [6, 6.07) is 5.33. The lowest BCUT2D eigenvalue weighted by Gasteiger charge is -2.11. The molecule has 0 heterocycles. The average molecular weight is 278 g/mol. The van der Waals surface area contributed by atoms with E-state index in [1.165, 1.54) is 32.1 Å². The third-order valence-electron chi connectivity index (χ3n) is 3.23. The highest BCUT2D eigenvalue weighted by Gasteiger charge is 2.07. The highest BCUT2D eigenvalue weighted by atomic mass is 16.5. The zero-order valence-corrected chi connectivity index (χ0v) is 12.6. The first-order chi connectivity index (χ1) is 9.69. The van der Waals surface area contributed by atoms with Gasteiger partial charge in [0.25, 0.3) is 0 Å². The van der Waals surface area contributed by atoms with Crippen molar-refractivity contribution in [2.75, 3.05) is 13.7 Å². The quantitative estimate of drug-likeness (QED) is 0.389. The Bertz CT molecular complexity index is 419. The minimum atomic E-state index is 0.0331. The van der Waals surface area contributed by atoms with Crippen LogP contribution in [0, 0.1) is 5.41 Å². The third-order valence-corrected chi connectivity index (χ3v) is 3.23. The lowest BCUT2D eigenvalue weighted by atomic mass is 10.1. The fourth-order valence-corrected chi connectivity index (χ4v) is 2.02. The molecule has 1 aromatic carbocycles. The van der Waals surface area contributed by atoms with E-state index in [1.807, 2.05) is 6.07 Å². The molecule has 0 fully saturated rings. The van der Waals surface area contributed by atoms with Crippen LogP contribution in [0.25, 0.3) is 0 Å². The second kappa shape index (κ2) is 9.23. The van der Waals surface area contributed by atoms with E-state index in [9.17, 15) is 0 Å². The molecule has 4 nitrogen and oxygen atoms in total. The van der Waals surface area contributed by atoms with Gasteiger partial charge in [-0.1, -0.05) is 39.0 Å². The number of hydrogen-bond donors (Lipinski definition) is 2. The van der Waals surface area contributed by atoms with Gasteiger partial charge in [0.2, 0.25) is 0 Å². The van der Waals surface area contributed by atoms with E-state index in [4.69, 9.17) is 20.6 Å². The van der Waals surface area contributed by atoms with Gasteiger partial charge in [-0.15, -0.1) is 0 Å². The van der Waals surface area contributed by atoms with Gasteiger partial charge < -0.3 is 15.2 Å². The minimum Gasteiger partial charge on any atom is -0.493 e. The maximum absolute atomic E-state index is 7.41. The molecule has 0 aromatic heterocycles. The lowest BCUT2D eigenvalue weighted by molar-refractivity contribution is 0.284. The predicted molar refractivity (Wildman–Crippen MR) is 82.9 cm³/mol. The Balaban J connectivity index is 2.38. The van der Waals surface area contributed by atoms with Crippen LogP contribution in [-0.2, 0) is 0 Å².